The molecule has 8 heteroatoms. The van der Waals surface area contributed by atoms with Gasteiger partial charge in [-0.15, -0.1) is 0 Å². The van der Waals surface area contributed by atoms with Crippen LogP contribution in [0.5, 0.6) is 0 Å². The number of nitrogens with one attached hydrogen (secondary N) is 1. The molecule has 3 aliphatic rings. The first kappa shape index (κ1) is 22.3. The van der Waals surface area contributed by atoms with E-state index in [-0.39, 0.29) is 23.8 Å². The number of carbonyl (C=O) groups excluding carboxylic acids is 2. The van der Waals surface area contributed by atoms with E-state index in [1.807, 2.05) is 13.8 Å². The van der Waals surface area contributed by atoms with Crippen LogP contribution < -0.4 is 5.32 Å². The molecule has 2 atom stereocenters. The summed E-state index contributed by atoms with van der Waals surface area (Å²) in [6.07, 6.45) is 5.26. The molecule has 1 saturated carbocycles. The monoisotopic (exact) mass is 412 g/mol. The molecule has 2 amide bonds. The largest absolute Gasteiger partial charge is 0.449 e. The van der Waals surface area contributed by atoms with E-state index in [0.717, 1.165) is 25.7 Å². The van der Waals surface area contributed by atoms with Crippen molar-refractivity contribution in [1.82, 2.24) is 10.2 Å². The fourth-order valence-corrected chi connectivity index (χ4v) is 4.67. The van der Waals surface area contributed by atoms with Crippen molar-refractivity contribution in [1.29, 1.82) is 0 Å². The van der Waals surface area contributed by atoms with Crippen LogP contribution in [0.2, 0.25) is 0 Å². The molecule has 3 fully saturated rings. The summed E-state index contributed by atoms with van der Waals surface area (Å²) in [4.78, 5) is 27.8. The van der Waals surface area contributed by atoms with Gasteiger partial charge in [-0.2, -0.15) is 0 Å². The summed E-state index contributed by atoms with van der Waals surface area (Å²) in [5.74, 6) is -0.469. The Labute approximate surface area is 173 Å². The van der Waals surface area contributed by atoms with Crippen LogP contribution in [0.1, 0.15) is 52.4 Å². The Morgan fingerprint density at radius 2 is 1.86 bits per heavy atom. The predicted molar refractivity (Wildman–Crippen MR) is 106 cm³/mol. The van der Waals surface area contributed by atoms with Gasteiger partial charge in [0, 0.05) is 13.5 Å². The van der Waals surface area contributed by atoms with E-state index in [1.54, 1.807) is 12.0 Å². The second-order valence-corrected chi connectivity index (χ2v) is 8.90. The van der Waals surface area contributed by atoms with Gasteiger partial charge in [0.2, 0.25) is 5.91 Å². The summed E-state index contributed by atoms with van der Waals surface area (Å²) in [6, 6.07) is -0.726. The number of amides is 2. The van der Waals surface area contributed by atoms with E-state index in [1.165, 1.54) is 6.42 Å². The lowest BCUT2D eigenvalue weighted by molar-refractivity contribution is -0.154. The molecule has 2 saturated heterocycles. The lowest BCUT2D eigenvalue weighted by atomic mass is 9.83. The topological polar surface area (TPSA) is 86.3 Å². The standard InChI is InChI=1S/C21H36N2O6/c1-15(2)12-27-20(25)22-18(16-7-5-4-6-8-16)19(24)23-14-21(28-9-10-29-21)11-17(23)13-26-3/h15-18H,4-14H2,1-3H3,(H,22,25)/t17-,18?/m0/s1. The lowest BCUT2D eigenvalue weighted by Crippen LogP contribution is -2.55. The smallest absolute Gasteiger partial charge is 0.407 e. The lowest BCUT2D eigenvalue weighted by Gasteiger charge is -2.34. The zero-order valence-corrected chi connectivity index (χ0v) is 18.0. The van der Waals surface area contributed by atoms with Gasteiger partial charge in [-0.05, 0) is 24.7 Å². The highest BCUT2D eigenvalue weighted by atomic mass is 16.7. The maximum absolute atomic E-state index is 13.6. The first-order valence-electron chi connectivity index (χ1n) is 10.9. The average molecular weight is 413 g/mol. The summed E-state index contributed by atoms with van der Waals surface area (Å²) in [5.41, 5.74) is 0. The van der Waals surface area contributed by atoms with Crippen molar-refractivity contribution >= 4 is 12.0 Å². The molecule has 2 heterocycles. The van der Waals surface area contributed by atoms with Crippen molar-refractivity contribution in [2.24, 2.45) is 11.8 Å². The molecular formula is C21H36N2O6. The number of methoxy groups -OCH3 is 1. The second kappa shape index (κ2) is 10.1. The normalized spacial score (nSPS) is 25.5. The van der Waals surface area contributed by atoms with E-state index in [9.17, 15) is 9.59 Å². The van der Waals surface area contributed by atoms with Crippen molar-refractivity contribution in [3.63, 3.8) is 0 Å². The molecule has 29 heavy (non-hydrogen) atoms. The van der Waals surface area contributed by atoms with Crippen molar-refractivity contribution in [2.45, 2.75) is 70.2 Å². The molecule has 1 unspecified atom stereocenters. The molecule has 1 N–H and O–H groups in total. The van der Waals surface area contributed by atoms with Gasteiger partial charge >= 0.3 is 6.09 Å². The summed E-state index contributed by atoms with van der Waals surface area (Å²) in [6.45, 7) is 6.15. The third kappa shape index (κ3) is 5.61. The van der Waals surface area contributed by atoms with Crippen molar-refractivity contribution in [3.05, 3.63) is 0 Å². The van der Waals surface area contributed by atoms with Gasteiger partial charge in [0.05, 0.1) is 39.0 Å². The van der Waals surface area contributed by atoms with Gasteiger partial charge in [-0.25, -0.2) is 4.79 Å². The number of carbonyl (C=O) groups is 2. The fraction of sp³-hybridized carbons (Fsp3) is 0.905. The number of likely N-dealkylation sites (tertiary alicyclic amines) is 1. The van der Waals surface area contributed by atoms with E-state index in [4.69, 9.17) is 18.9 Å². The Morgan fingerprint density at radius 1 is 1.17 bits per heavy atom. The van der Waals surface area contributed by atoms with Crippen LogP contribution in [-0.4, -0.2) is 74.9 Å². The number of ether oxygens (including phenoxy) is 4. The van der Waals surface area contributed by atoms with Crippen LogP contribution in [0.3, 0.4) is 0 Å². The van der Waals surface area contributed by atoms with E-state index in [2.05, 4.69) is 5.32 Å². The molecule has 2 aliphatic heterocycles. The zero-order valence-electron chi connectivity index (χ0n) is 18.0. The minimum absolute atomic E-state index is 0.0866. The first-order valence-corrected chi connectivity index (χ1v) is 10.9. The number of hydrogen-bond donors (Lipinski definition) is 1. The maximum Gasteiger partial charge on any atom is 0.407 e. The summed E-state index contributed by atoms with van der Waals surface area (Å²) in [7, 11) is 1.63. The molecule has 8 nitrogen and oxygen atoms in total. The Hall–Kier alpha value is -1.38. The highest BCUT2D eigenvalue weighted by Gasteiger charge is 2.51. The SMILES string of the molecule is COC[C@@H]1CC2(CN1C(=O)C(NC(=O)OCC(C)C)C1CCCCC1)OCCO2. The number of hydrogen-bond acceptors (Lipinski definition) is 6. The van der Waals surface area contributed by atoms with Gasteiger partial charge in [0.25, 0.3) is 0 Å². The van der Waals surface area contributed by atoms with Crippen LogP contribution in [0, 0.1) is 11.8 Å². The maximum atomic E-state index is 13.6. The molecular weight excluding hydrogens is 376 g/mol. The molecule has 0 aromatic rings. The van der Waals surface area contributed by atoms with Gasteiger partial charge < -0.3 is 29.2 Å². The Bertz CT molecular complexity index is 557. The average Bonchev–Trinajstić information content (AvgIpc) is 3.32. The van der Waals surface area contributed by atoms with Crippen LogP contribution in [-0.2, 0) is 23.7 Å². The molecule has 3 rings (SSSR count). The summed E-state index contributed by atoms with van der Waals surface area (Å²) >= 11 is 0. The van der Waals surface area contributed by atoms with Crippen molar-refractivity contribution in [3.8, 4) is 0 Å². The fourth-order valence-electron chi connectivity index (χ4n) is 4.67. The molecule has 0 aromatic heterocycles. The van der Waals surface area contributed by atoms with E-state index < -0.39 is 17.9 Å². The third-order valence-electron chi connectivity index (χ3n) is 6.06. The predicted octanol–water partition coefficient (Wildman–Crippen LogP) is 2.31. The number of alkyl carbamates (subject to hydrolysis) is 1. The van der Waals surface area contributed by atoms with Gasteiger partial charge in [-0.3, -0.25) is 4.79 Å². The third-order valence-corrected chi connectivity index (χ3v) is 6.06. The van der Waals surface area contributed by atoms with Gasteiger partial charge in [0.15, 0.2) is 5.79 Å². The Balaban J connectivity index is 1.73. The van der Waals surface area contributed by atoms with Crippen LogP contribution in [0.15, 0.2) is 0 Å². The van der Waals surface area contributed by atoms with Crippen molar-refractivity contribution < 1.29 is 28.5 Å². The quantitative estimate of drug-likeness (QED) is 0.691. The second-order valence-electron chi connectivity index (χ2n) is 8.90. The molecule has 0 radical (unpaired) electrons. The molecule has 0 aromatic carbocycles. The minimum Gasteiger partial charge on any atom is -0.449 e. The summed E-state index contributed by atoms with van der Waals surface area (Å²) < 4.78 is 22.4. The zero-order chi connectivity index (χ0) is 20.9. The first-order chi connectivity index (χ1) is 13.9. The van der Waals surface area contributed by atoms with Gasteiger partial charge in [0.1, 0.15) is 6.04 Å². The minimum atomic E-state index is -0.742. The summed E-state index contributed by atoms with van der Waals surface area (Å²) in [5, 5.41) is 2.89. The Morgan fingerprint density at radius 3 is 2.48 bits per heavy atom. The highest BCUT2D eigenvalue weighted by molar-refractivity contribution is 5.86. The van der Waals surface area contributed by atoms with Crippen LogP contribution in [0.25, 0.3) is 0 Å². The van der Waals surface area contributed by atoms with E-state index in [0.29, 0.717) is 39.4 Å². The van der Waals surface area contributed by atoms with Crippen LogP contribution >= 0.6 is 0 Å². The molecule has 1 aliphatic carbocycles. The Kier molecular flexibility index (Phi) is 7.76. The van der Waals surface area contributed by atoms with E-state index >= 15 is 0 Å². The van der Waals surface area contributed by atoms with Crippen molar-refractivity contribution in [2.75, 3.05) is 40.1 Å². The van der Waals surface area contributed by atoms with Gasteiger partial charge in [-0.1, -0.05) is 33.1 Å². The number of nitrogens with zero attached hydrogens (tertiary/aromatic N) is 1. The molecule has 166 valence electrons. The van der Waals surface area contributed by atoms with Crippen LogP contribution in [0.4, 0.5) is 4.79 Å². The number of rotatable bonds is 7. The highest BCUT2D eigenvalue weighted by Crippen LogP contribution is 2.36. The molecule has 0 bridgehead atoms. The molecule has 1 spiro atoms.